The van der Waals surface area contributed by atoms with Crippen molar-refractivity contribution < 1.29 is 9.50 Å². The lowest BCUT2D eigenvalue weighted by Crippen LogP contribution is -2.52. The van der Waals surface area contributed by atoms with E-state index in [9.17, 15) is 9.50 Å². The van der Waals surface area contributed by atoms with E-state index < -0.39 is 11.8 Å². The van der Waals surface area contributed by atoms with Crippen molar-refractivity contribution in [3.8, 4) is 0 Å². The van der Waals surface area contributed by atoms with Gasteiger partial charge in [-0.3, -0.25) is 0 Å². The second kappa shape index (κ2) is 3.82. The highest BCUT2D eigenvalue weighted by molar-refractivity contribution is 5.34. The smallest absolute Gasteiger partial charge is 0.230 e. The van der Waals surface area contributed by atoms with Crippen LogP contribution in [-0.4, -0.2) is 44.9 Å². The molecule has 0 radical (unpaired) electrons. The van der Waals surface area contributed by atoms with Crippen LogP contribution in [0.3, 0.4) is 0 Å². The predicted molar refractivity (Wildman–Crippen MR) is 56.6 cm³/mol. The second-order valence-corrected chi connectivity index (χ2v) is 4.16. The first-order chi connectivity index (χ1) is 7.49. The maximum atomic E-state index is 13.6. The van der Waals surface area contributed by atoms with Crippen LogP contribution in [0.25, 0.3) is 0 Å². The van der Waals surface area contributed by atoms with Crippen LogP contribution < -0.4 is 10.6 Å². The molecule has 2 heterocycles. The molecule has 0 aliphatic carbocycles. The number of aliphatic hydroxyl groups is 1. The summed E-state index contributed by atoms with van der Waals surface area (Å²) in [4.78, 5) is 13.2. The normalized spacial score (nSPS) is 30.4. The van der Waals surface area contributed by atoms with Crippen molar-refractivity contribution in [2.45, 2.75) is 25.1 Å². The van der Waals surface area contributed by atoms with Gasteiger partial charge in [0.25, 0.3) is 0 Å². The Hall–Kier alpha value is -1.50. The SMILES string of the molecule is C[C@]1(O)CCN(c2ncnc(N)n2)C[C@H]1F. The number of aromatic nitrogens is 3. The second-order valence-electron chi connectivity index (χ2n) is 4.16. The van der Waals surface area contributed by atoms with Gasteiger partial charge in [-0.2, -0.15) is 4.98 Å². The molecular weight excluding hydrogens is 213 g/mol. The van der Waals surface area contributed by atoms with Crippen molar-refractivity contribution in [3.63, 3.8) is 0 Å². The number of hydrogen-bond donors (Lipinski definition) is 2. The summed E-state index contributed by atoms with van der Waals surface area (Å²) in [5, 5.41) is 9.68. The number of rotatable bonds is 1. The zero-order valence-electron chi connectivity index (χ0n) is 8.97. The maximum absolute atomic E-state index is 13.6. The van der Waals surface area contributed by atoms with Crippen LogP contribution in [0.1, 0.15) is 13.3 Å². The lowest BCUT2D eigenvalue weighted by atomic mass is 9.92. The van der Waals surface area contributed by atoms with Gasteiger partial charge >= 0.3 is 0 Å². The average molecular weight is 227 g/mol. The van der Waals surface area contributed by atoms with E-state index in [0.717, 1.165) is 0 Å². The summed E-state index contributed by atoms with van der Waals surface area (Å²) in [6.45, 7) is 2.06. The molecule has 88 valence electrons. The van der Waals surface area contributed by atoms with Gasteiger partial charge in [0.1, 0.15) is 12.5 Å². The number of anilines is 2. The van der Waals surface area contributed by atoms with Crippen molar-refractivity contribution in [3.05, 3.63) is 6.33 Å². The summed E-state index contributed by atoms with van der Waals surface area (Å²) in [6, 6.07) is 0. The number of nitrogens with zero attached hydrogens (tertiary/aromatic N) is 4. The maximum Gasteiger partial charge on any atom is 0.230 e. The number of nitrogen functional groups attached to an aromatic ring is 1. The summed E-state index contributed by atoms with van der Waals surface area (Å²) in [5.41, 5.74) is 4.15. The lowest BCUT2D eigenvalue weighted by molar-refractivity contribution is -0.0332. The highest BCUT2D eigenvalue weighted by atomic mass is 19.1. The minimum Gasteiger partial charge on any atom is -0.387 e. The Labute approximate surface area is 92.3 Å². The van der Waals surface area contributed by atoms with Crippen LogP contribution in [0.2, 0.25) is 0 Å². The van der Waals surface area contributed by atoms with Gasteiger partial charge in [0.15, 0.2) is 0 Å². The first-order valence-electron chi connectivity index (χ1n) is 5.05. The van der Waals surface area contributed by atoms with E-state index >= 15 is 0 Å². The van der Waals surface area contributed by atoms with Crippen LogP contribution in [0.4, 0.5) is 16.3 Å². The molecule has 3 N–H and O–H groups in total. The molecule has 6 nitrogen and oxygen atoms in total. The van der Waals surface area contributed by atoms with E-state index in [1.54, 1.807) is 4.90 Å². The number of nitrogens with two attached hydrogens (primary N) is 1. The number of hydrogen-bond acceptors (Lipinski definition) is 6. The zero-order chi connectivity index (χ0) is 11.8. The van der Waals surface area contributed by atoms with Crippen molar-refractivity contribution >= 4 is 11.9 Å². The average Bonchev–Trinajstić information content (AvgIpc) is 2.22. The highest BCUT2D eigenvalue weighted by Gasteiger charge is 2.38. The quantitative estimate of drug-likeness (QED) is 0.688. The van der Waals surface area contributed by atoms with Crippen molar-refractivity contribution in [2.24, 2.45) is 0 Å². The lowest BCUT2D eigenvalue weighted by Gasteiger charge is -2.38. The van der Waals surface area contributed by atoms with Gasteiger partial charge in [-0.1, -0.05) is 0 Å². The summed E-state index contributed by atoms with van der Waals surface area (Å²) in [6.07, 6.45) is 0.302. The van der Waals surface area contributed by atoms with Crippen LogP contribution in [0.15, 0.2) is 6.33 Å². The molecule has 0 aromatic carbocycles. The molecule has 2 rings (SSSR count). The van der Waals surface area contributed by atoms with Gasteiger partial charge < -0.3 is 15.7 Å². The van der Waals surface area contributed by atoms with Gasteiger partial charge in [-0.15, -0.1) is 0 Å². The molecule has 0 unspecified atom stereocenters. The molecule has 1 fully saturated rings. The fourth-order valence-electron chi connectivity index (χ4n) is 1.63. The van der Waals surface area contributed by atoms with Crippen LogP contribution in [-0.2, 0) is 0 Å². The van der Waals surface area contributed by atoms with E-state index in [-0.39, 0.29) is 12.5 Å². The summed E-state index contributed by atoms with van der Waals surface area (Å²) in [5.74, 6) is 0.461. The molecular formula is C9H14FN5O. The minimum absolute atomic E-state index is 0.0659. The Bertz CT molecular complexity index is 386. The molecule has 1 saturated heterocycles. The Morgan fingerprint density at radius 1 is 1.62 bits per heavy atom. The Morgan fingerprint density at radius 3 is 3.00 bits per heavy atom. The summed E-state index contributed by atoms with van der Waals surface area (Å²) >= 11 is 0. The molecule has 16 heavy (non-hydrogen) atoms. The molecule has 2 atom stereocenters. The van der Waals surface area contributed by atoms with Crippen LogP contribution in [0.5, 0.6) is 0 Å². The molecule has 1 aliphatic heterocycles. The zero-order valence-corrected chi connectivity index (χ0v) is 8.97. The molecule has 1 aromatic rings. The Morgan fingerprint density at radius 2 is 2.38 bits per heavy atom. The summed E-state index contributed by atoms with van der Waals surface area (Å²) in [7, 11) is 0. The molecule has 1 aromatic heterocycles. The molecule has 0 saturated carbocycles. The fraction of sp³-hybridized carbons (Fsp3) is 0.667. The standard InChI is InChI=1S/C9H14FN5O/c1-9(16)2-3-15(4-6(9)10)8-13-5-12-7(11)14-8/h5-6,16H,2-4H2,1H3,(H2,11,12,13,14)/t6-,9+/m1/s1. The first-order valence-corrected chi connectivity index (χ1v) is 5.05. The molecule has 0 spiro atoms. The third-order valence-corrected chi connectivity index (χ3v) is 2.80. The fourth-order valence-corrected chi connectivity index (χ4v) is 1.63. The van der Waals surface area contributed by atoms with Crippen LogP contribution >= 0.6 is 0 Å². The summed E-state index contributed by atoms with van der Waals surface area (Å²) < 4.78 is 13.6. The minimum atomic E-state index is -1.32. The Balaban J connectivity index is 2.14. The molecule has 0 amide bonds. The number of halogens is 1. The van der Waals surface area contributed by atoms with Gasteiger partial charge in [0.05, 0.1) is 12.1 Å². The van der Waals surface area contributed by atoms with Gasteiger partial charge in [0.2, 0.25) is 11.9 Å². The molecule has 7 heteroatoms. The third-order valence-electron chi connectivity index (χ3n) is 2.80. The van der Waals surface area contributed by atoms with Gasteiger partial charge in [-0.05, 0) is 13.3 Å². The Kier molecular flexibility index (Phi) is 2.63. The van der Waals surface area contributed by atoms with E-state index in [4.69, 9.17) is 5.73 Å². The molecule has 1 aliphatic rings. The third kappa shape index (κ3) is 2.04. The highest BCUT2D eigenvalue weighted by Crippen LogP contribution is 2.26. The van der Waals surface area contributed by atoms with E-state index in [0.29, 0.717) is 18.9 Å². The van der Waals surface area contributed by atoms with Crippen molar-refractivity contribution in [2.75, 3.05) is 23.7 Å². The van der Waals surface area contributed by atoms with E-state index in [2.05, 4.69) is 15.0 Å². The predicted octanol–water partition coefficient (Wildman–Crippen LogP) is -0.247. The largest absolute Gasteiger partial charge is 0.387 e. The van der Waals surface area contributed by atoms with Crippen LogP contribution in [0, 0.1) is 0 Å². The first kappa shape index (κ1) is 11.0. The van der Waals surface area contributed by atoms with Gasteiger partial charge in [-0.25, -0.2) is 14.4 Å². The number of piperidine rings is 1. The molecule has 0 bridgehead atoms. The van der Waals surface area contributed by atoms with Gasteiger partial charge in [0, 0.05) is 6.54 Å². The van der Waals surface area contributed by atoms with Crippen molar-refractivity contribution in [1.29, 1.82) is 0 Å². The number of alkyl halides is 1. The van der Waals surface area contributed by atoms with Crippen molar-refractivity contribution in [1.82, 2.24) is 15.0 Å². The van der Waals surface area contributed by atoms with E-state index in [1.165, 1.54) is 13.3 Å². The van der Waals surface area contributed by atoms with E-state index in [1.807, 2.05) is 0 Å². The topological polar surface area (TPSA) is 88.2 Å². The monoisotopic (exact) mass is 227 g/mol.